The van der Waals surface area contributed by atoms with Crippen LogP contribution in [0.3, 0.4) is 0 Å². The van der Waals surface area contributed by atoms with Crippen LogP contribution in [0.25, 0.3) is 110 Å². The minimum Gasteiger partial charge on any atom is -0.307 e. The van der Waals surface area contributed by atoms with E-state index in [1.54, 1.807) is 0 Å². The van der Waals surface area contributed by atoms with Gasteiger partial charge in [-0.1, -0.05) is 158 Å². The highest BCUT2D eigenvalue weighted by atomic mass is 15.1. The third-order valence-electron chi connectivity index (χ3n) is 11.7. The van der Waals surface area contributed by atoms with Gasteiger partial charge in [0.25, 0.3) is 0 Å². The molecule has 0 aliphatic carbocycles. The standard InChI is InChI=1S/C54H34N4/c1-3-16-36(17-4-1)51-43-25-10-9-24-42(43)44-30-31-45-46-34-38(29-32-49(46)57(53(45)52(44)56-51)40-21-5-2-6-22-40)37-19-13-20-39(33-37)54-55-47-26-11-12-27-50(47)58(54)48-28-14-18-35-15-7-8-23-41(35)48/h1-34H. The molecule has 3 aromatic heterocycles. The summed E-state index contributed by atoms with van der Waals surface area (Å²) in [6.07, 6.45) is 0. The molecule has 4 heteroatoms. The van der Waals surface area contributed by atoms with E-state index in [2.05, 4.69) is 215 Å². The van der Waals surface area contributed by atoms with Crippen molar-refractivity contribution in [3.63, 3.8) is 0 Å². The summed E-state index contributed by atoms with van der Waals surface area (Å²) < 4.78 is 4.72. The van der Waals surface area contributed by atoms with Gasteiger partial charge in [-0.3, -0.25) is 4.57 Å². The molecule has 4 nitrogen and oxygen atoms in total. The highest BCUT2D eigenvalue weighted by Crippen LogP contribution is 2.42. The maximum atomic E-state index is 5.55. The average molecular weight is 739 g/mol. The fourth-order valence-corrected chi connectivity index (χ4v) is 9.06. The van der Waals surface area contributed by atoms with Gasteiger partial charge in [0.05, 0.1) is 39.0 Å². The van der Waals surface area contributed by atoms with Crippen LogP contribution in [-0.2, 0) is 0 Å². The van der Waals surface area contributed by atoms with Crippen molar-refractivity contribution in [1.82, 2.24) is 19.1 Å². The summed E-state index contributed by atoms with van der Waals surface area (Å²) in [6.45, 7) is 0. The Morgan fingerprint density at radius 1 is 0.345 bits per heavy atom. The van der Waals surface area contributed by atoms with Gasteiger partial charge in [-0.15, -0.1) is 0 Å². The first kappa shape index (κ1) is 32.4. The predicted octanol–water partition coefficient (Wildman–Crippen LogP) is 14.0. The summed E-state index contributed by atoms with van der Waals surface area (Å²) in [4.78, 5) is 10.8. The van der Waals surface area contributed by atoms with Gasteiger partial charge in [-0.25, -0.2) is 9.97 Å². The van der Waals surface area contributed by atoms with Crippen LogP contribution in [0.15, 0.2) is 206 Å². The molecule has 0 aliphatic heterocycles. The Kier molecular flexibility index (Phi) is 7.20. The molecule has 0 spiro atoms. The molecule has 270 valence electrons. The second kappa shape index (κ2) is 12.9. The number of pyridine rings is 1. The average Bonchev–Trinajstić information content (AvgIpc) is 3.85. The first-order chi connectivity index (χ1) is 28.8. The zero-order chi connectivity index (χ0) is 38.2. The number of para-hydroxylation sites is 3. The summed E-state index contributed by atoms with van der Waals surface area (Å²) in [6, 6.07) is 73.7. The maximum absolute atomic E-state index is 5.55. The number of hydrogen-bond donors (Lipinski definition) is 0. The van der Waals surface area contributed by atoms with Crippen molar-refractivity contribution >= 4 is 65.3 Å². The summed E-state index contributed by atoms with van der Waals surface area (Å²) in [5.74, 6) is 0.917. The number of hydrogen-bond acceptors (Lipinski definition) is 2. The van der Waals surface area contributed by atoms with Gasteiger partial charge >= 0.3 is 0 Å². The van der Waals surface area contributed by atoms with Crippen molar-refractivity contribution in [2.24, 2.45) is 0 Å². The SMILES string of the molecule is c1ccc(-c2nc3c(ccc4c5cc(-c6cccc(-c7nc8ccccc8n7-c7cccc8ccccc78)c6)ccc5n(-c5ccccc5)c43)c3ccccc23)cc1. The highest BCUT2D eigenvalue weighted by molar-refractivity contribution is 6.23. The molecule has 0 fully saturated rings. The van der Waals surface area contributed by atoms with Crippen LogP contribution >= 0.6 is 0 Å². The molecule has 0 unspecified atom stereocenters. The van der Waals surface area contributed by atoms with E-state index in [0.717, 1.165) is 83.5 Å². The molecule has 9 aromatic carbocycles. The van der Waals surface area contributed by atoms with Gasteiger partial charge < -0.3 is 4.57 Å². The Bertz CT molecular complexity index is 3560. The van der Waals surface area contributed by atoms with Crippen LogP contribution in [-0.4, -0.2) is 19.1 Å². The Hall–Kier alpha value is -7.82. The first-order valence-electron chi connectivity index (χ1n) is 19.8. The summed E-state index contributed by atoms with van der Waals surface area (Å²) in [7, 11) is 0. The van der Waals surface area contributed by atoms with Crippen LogP contribution in [0.5, 0.6) is 0 Å². The van der Waals surface area contributed by atoms with Crippen molar-refractivity contribution in [2.45, 2.75) is 0 Å². The van der Waals surface area contributed by atoms with Crippen LogP contribution in [0, 0.1) is 0 Å². The lowest BCUT2D eigenvalue weighted by molar-refractivity contribution is 1.11. The summed E-state index contributed by atoms with van der Waals surface area (Å²) in [5, 5.41) is 8.24. The van der Waals surface area contributed by atoms with Crippen LogP contribution in [0.4, 0.5) is 0 Å². The normalized spacial score (nSPS) is 11.8. The third kappa shape index (κ3) is 4.95. The van der Waals surface area contributed by atoms with Crippen LogP contribution in [0.2, 0.25) is 0 Å². The molecule has 0 radical (unpaired) electrons. The fraction of sp³-hybridized carbons (Fsp3) is 0. The van der Waals surface area contributed by atoms with E-state index in [-0.39, 0.29) is 0 Å². The minimum atomic E-state index is 0.917. The number of benzene rings is 9. The van der Waals surface area contributed by atoms with E-state index < -0.39 is 0 Å². The molecule has 12 aromatic rings. The maximum Gasteiger partial charge on any atom is 0.145 e. The number of aromatic nitrogens is 4. The van der Waals surface area contributed by atoms with Gasteiger partial charge in [0.2, 0.25) is 0 Å². The Morgan fingerprint density at radius 3 is 1.88 bits per heavy atom. The summed E-state index contributed by atoms with van der Waals surface area (Å²) >= 11 is 0. The zero-order valence-corrected chi connectivity index (χ0v) is 31.4. The minimum absolute atomic E-state index is 0.917. The molecular formula is C54H34N4. The lowest BCUT2D eigenvalue weighted by atomic mass is 9.98. The van der Waals surface area contributed by atoms with Gasteiger partial charge in [-0.2, -0.15) is 0 Å². The second-order valence-electron chi connectivity index (χ2n) is 15.0. The van der Waals surface area contributed by atoms with Crippen molar-refractivity contribution in [3.05, 3.63) is 206 Å². The Labute approximate surface area is 334 Å². The van der Waals surface area contributed by atoms with Gasteiger partial charge in [0.15, 0.2) is 0 Å². The van der Waals surface area contributed by atoms with E-state index in [1.165, 1.54) is 26.9 Å². The fourth-order valence-electron chi connectivity index (χ4n) is 9.06. The Morgan fingerprint density at radius 2 is 1.00 bits per heavy atom. The van der Waals surface area contributed by atoms with E-state index in [9.17, 15) is 0 Å². The number of imidazole rings is 1. The zero-order valence-electron chi connectivity index (χ0n) is 31.4. The molecule has 0 N–H and O–H groups in total. The molecule has 0 saturated heterocycles. The van der Waals surface area contributed by atoms with E-state index in [4.69, 9.17) is 9.97 Å². The highest BCUT2D eigenvalue weighted by Gasteiger charge is 2.21. The van der Waals surface area contributed by atoms with E-state index in [1.807, 2.05) is 0 Å². The number of rotatable bonds is 5. The van der Waals surface area contributed by atoms with Gasteiger partial charge in [0.1, 0.15) is 5.82 Å². The quantitative estimate of drug-likeness (QED) is 0.165. The first-order valence-corrected chi connectivity index (χ1v) is 19.8. The lowest BCUT2D eigenvalue weighted by Gasteiger charge is -2.14. The number of nitrogens with zero attached hydrogens (tertiary/aromatic N) is 4. The van der Waals surface area contributed by atoms with Gasteiger partial charge in [-0.05, 0) is 70.4 Å². The molecule has 0 aliphatic rings. The molecule has 0 saturated carbocycles. The topological polar surface area (TPSA) is 35.6 Å². The largest absolute Gasteiger partial charge is 0.307 e. The second-order valence-corrected chi connectivity index (χ2v) is 15.0. The van der Waals surface area contributed by atoms with Crippen molar-refractivity contribution in [3.8, 4) is 45.1 Å². The number of fused-ring (bicyclic) bond motifs is 9. The van der Waals surface area contributed by atoms with E-state index in [0.29, 0.717) is 0 Å². The molecule has 0 amide bonds. The molecule has 3 heterocycles. The van der Waals surface area contributed by atoms with Crippen molar-refractivity contribution in [2.75, 3.05) is 0 Å². The van der Waals surface area contributed by atoms with E-state index >= 15 is 0 Å². The molecule has 12 rings (SSSR count). The lowest BCUT2D eigenvalue weighted by Crippen LogP contribution is -1.99. The van der Waals surface area contributed by atoms with Crippen molar-refractivity contribution < 1.29 is 0 Å². The van der Waals surface area contributed by atoms with Crippen molar-refractivity contribution in [1.29, 1.82) is 0 Å². The molecular weight excluding hydrogens is 705 g/mol. The van der Waals surface area contributed by atoms with Crippen LogP contribution < -0.4 is 0 Å². The molecule has 58 heavy (non-hydrogen) atoms. The molecule has 0 atom stereocenters. The monoisotopic (exact) mass is 738 g/mol. The smallest absolute Gasteiger partial charge is 0.145 e. The Balaban J connectivity index is 1.09. The van der Waals surface area contributed by atoms with Crippen LogP contribution in [0.1, 0.15) is 0 Å². The summed E-state index contributed by atoms with van der Waals surface area (Å²) in [5.41, 5.74) is 12.9. The third-order valence-corrected chi connectivity index (χ3v) is 11.7. The molecule has 0 bridgehead atoms. The van der Waals surface area contributed by atoms with Gasteiger partial charge in [0, 0.05) is 43.7 Å². The predicted molar refractivity (Wildman–Crippen MR) is 242 cm³/mol.